The molecule has 1 amide bonds. The molecule has 0 aliphatic carbocycles. The van der Waals surface area contributed by atoms with Crippen molar-refractivity contribution in [1.82, 2.24) is 15.5 Å². The number of hydrogen-bond donors (Lipinski definition) is 2. The van der Waals surface area contributed by atoms with E-state index in [4.69, 9.17) is 4.74 Å². The molecule has 0 unspecified atom stereocenters. The van der Waals surface area contributed by atoms with Crippen molar-refractivity contribution in [1.29, 1.82) is 0 Å². The number of carbonyl (C=O) groups is 1. The van der Waals surface area contributed by atoms with Crippen LogP contribution in [-0.4, -0.2) is 51.1 Å². The maximum Gasteiger partial charge on any atom is 0.253 e. The van der Waals surface area contributed by atoms with Gasteiger partial charge in [-0.25, -0.2) is 0 Å². The fourth-order valence-corrected chi connectivity index (χ4v) is 2.93. The summed E-state index contributed by atoms with van der Waals surface area (Å²) < 4.78 is 5.55. The average Bonchev–Trinajstić information content (AvgIpc) is 2.74. The number of nitrogens with one attached hydrogen (secondary N) is 2. The summed E-state index contributed by atoms with van der Waals surface area (Å²) in [5, 5.41) is 6.69. The van der Waals surface area contributed by atoms with Gasteiger partial charge in [0.05, 0.1) is 6.61 Å². The number of nitrogens with zero attached hydrogens (tertiary/aromatic N) is 2. The van der Waals surface area contributed by atoms with Crippen LogP contribution in [0.5, 0.6) is 0 Å². The van der Waals surface area contributed by atoms with Gasteiger partial charge in [-0.15, -0.1) is 24.0 Å². The Morgan fingerprint density at radius 2 is 1.80 bits per heavy atom. The maximum absolute atomic E-state index is 12.1. The fourth-order valence-electron chi connectivity index (χ4n) is 2.93. The zero-order chi connectivity index (χ0) is 21.1. The molecule has 164 valence electrons. The van der Waals surface area contributed by atoms with Gasteiger partial charge < -0.3 is 20.3 Å². The van der Waals surface area contributed by atoms with Crippen LogP contribution >= 0.6 is 24.0 Å². The molecule has 0 radical (unpaired) electrons. The predicted octanol–water partition coefficient (Wildman–Crippen LogP) is 3.45. The van der Waals surface area contributed by atoms with Gasteiger partial charge in [0.15, 0.2) is 5.96 Å². The minimum atomic E-state index is 0. The van der Waals surface area contributed by atoms with Gasteiger partial charge in [-0.05, 0) is 42.2 Å². The second-order valence-electron chi connectivity index (χ2n) is 6.91. The topological polar surface area (TPSA) is 66.0 Å². The van der Waals surface area contributed by atoms with Crippen LogP contribution in [0.15, 0.2) is 53.5 Å². The molecule has 2 N–H and O–H groups in total. The van der Waals surface area contributed by atoms with Gasteiger partial charge in [0, 0.05) is 46.4 Å². The van der Waals surface area contributed by atoms with Crippen LogP contribution in [0.4, 0.5) is 0 Å². The van der Waals surface area contributed by atoms with E-state index in [2.05, 4.69) is 27.8 Å². The first-order chi connectivity index (χ1) is 14.0. The molecule has 0 spiro atoms. The number of guanidine groups is 1. The Hall–Kier alpha value is -2.13. The lowest BCUT2D eigenvalue weighted by atomic mass is 10.1. The normalized spacial score (nSPS) is 10.9. The van der Waals surface area contributed by atoms with Crippen molar-refractivity contribution >= 4 is 35.8 Å². The first-order valence-electron chi connectivity index (χ1n) is 9.94. The quantitative estimate of drug-likeness (QED) is 0.300. The molecule has 0 aromatic heterocycles. The third-order valence-corrected chi connectivity index (χ3v) is 4.54. The molecular formula is C23H33IN4O2. The SMILES string of the molecule is CCOCc1ccccc1CNC(=NC)NCCc1cccc(C(=O)N(C)C)c1.I. The van der Waals surface area contributed by atoms with Gasteiger partial charge in [0.2, 0.25) is 0 Å². The van der Waals surface area contributed by atoms with Crippen LogP contribution in [0, 0.1) is 0 Å². The lowest BCUT2D eigenvalue weighted by molar-refractivity contribution is 0.0827. The molecule has 0 heterocycles. The van der Waals surface area contributed by atoms with E-state index in [1.807, 2.05) is 43.3 Å². The van der Waals surface area contributed by atoms with E-state index in [0.717, 1.165) is 24.5 Å². The molecule has 2 aromatic rings. The molecule has 30 heavy (non-hydrogen) atoms. The Balaban J connectivity index is 0.00000450. The summed E-state index contributed by atoms with van der Waals surface area (Å²) in [4.78, 5) is 18.0. The molecule has 0 aliphatic rings. The number of hydrogen-bond acceptors (Lipinski definition) is 3. The minimum absolute atomic E-state index is 0. The Morgan fingerprint density at radius 3 is 2.47 bits per heavy atom. The monoisotopic (exact) mass is 524 g/mol. The number of rotatable bonds is 9. The van der Waals surface area contributed by atoms with Gasteiger partial charge in [0.1, 0.15) is 0 Å². The summed E-state index contributed by atoms with van der Waals surface area (Å²) in [5.41, 5.74) is 4.20. The highest BCUT2D eigenvalue weighted by Crippen LogP contribution is 2.10. The van der Waals surface area contributed by atoms with Gasteiger partial charge in [-0.1, -0.05) is 36.4 Å². The summed E-state index contributed by atoms with van der Waals surface area (Å²) in [5.74, 6) is 0.764. The van der Waals surface area contributed by atoms with E-state index in [0.29, 0.717) is 25.3 Å². The van der Waals surface area contributed by atoms with E-state index >= 15 is 0 Å². The predicted molar refractivity (Wildman–Crippen MR) is 134 cm³/mol. The van der Waals surface area contributed by atoms with Crippen molar-refractivity contribution in [3.05, 3.63) is 70.8 Å². The highest BCUT2D eigenvalue weighted by atomic mass is 127. The largest absolute Gasteiger partial charge is 0.377 e. The second kappa shape index (κ2) is 14.0. The van der Waals surface area contributed by atoms with E-state index < -0.39 is 0 Å². The Kier molecular flexibility index (Phi) is 12.1. The Morgan fingerprint density at radius 1 is 1.07 bits per heavy atom. The van der Waals surface area contributed by atoms with E-state index in [1.54, 1.807) is 26.0 Å². The van der Waals surface area contributed by atoms with Crippen molar-refractivity contribution in [3.8, 4) is 0 Å². The highest BCUT2D eigenvalue weighted by Gasteiger charge is 2.08. The van der Waals surface area contributed by atoms with Crippen LogP contribution in [0.1, 0.15) is 34.0 Å². The van der Waals surface area contributed by atoms with Crippen molar-refractivity contribution in [2.45, 2.75) is 26.5 Å². The molecule has 0 bridgehead atoms. The van der Waals surface area contributed by atoms with Crippen molar-refractivity contribution in [3.63, 3.8) is 0 Å². The van der Waals surface area contributed by atoms with Crippen LogP contribution in [0.3, 0.4) is 0 Å². The number of aliphatic imine (C=N–C) groups is 1. The number of halogens is 1. The van der Waals surface area contributed by atoms with E-state index in [1.165, 1.54) is 11.1 Å². The average molecular weight is 524 g/mol. The smallest absolute Gasteiger partial charge is 0.253 e. The summed E-state index contributed by atoms with van der Waals surface area (Å²) >= 11 is 0. The molecule has 0 fully saturated rings. The zero-order valence-electron chi connectivity index (χ0n) is 18.3. The standard InChI is InChI=1S/C23H32N4O2.HI/c1-5-29-17-21-11-7-6-10-20(21)16-26-23(24-2)25-14-13-18-9-8-12-19(15-18)22(28)27(3)4;/h6-12,15H,5,13-14,16-17H2,1-4H3,(H2,24,25,26);1H. The number of benzene rings is 2. The first-order valence-corrected chi connectivity index (χ1v) is 9.94. The van der Waals surface area contributed by atoms with Gasteiger partial charge in [-0.2, -0.15) is 0 Å². The molecule has 0 saturated heterocycles. The van der Waals surface area contributed by atoms with Crippen LogP contribution in [0.2, 0.25) is 0 Å². The van der Waals surface area contributed by atoms with Gasteiger partial charge in [0.25, 0.3) is 5.91 Å². The molecule has 6 nitrogen and oxygen atoms in total. The minimum Gasteiger partial charge on any atom is -0.377 e. The van der Waals surface area contributed by atoms with Gasteiger partial charge >= 0.3 is 0 Å². The number of amides is 1. The molecule has 2 rings (SSSR count). The molecule has 0 aliphatic heterocycles. The van der Waals surface area contributed by atoms with Crippen molar-refractivity contribution < 1.29 is 9.53 Å². The van der Waals surface area contributed by atoms with Crippen LogP contribution in [-0.2, 0) is 24.3 Å². The Labute approximate surface area is 197 Å². The molecular weight excluding hydrogens is 491 g/mol. The summed E-state index contributed by atoms with van der Waals surface area (Å²) in [6.07, 6.45) is 0.802. The third-order valence-electron chi connectivity index (χ3n) is 4.54. The Bertz CT molecular complexity index is 824. The first kappa shape index (κ1) is 25.9. The molecule has 0 atom stereocenters. The summed E-state index contributed by atoms with van der Waals surface area (Å²) in [6, 6.07) is 16.0. The molecule has 7 heteroatoms. The van der Waals surface area contributed by atoms with Crippen molar-refractivity contribution in [2.75, 3.05) is 34.3 Å². The molecule has 0 saturated carbocycles. The highest BCUT2D eigenvalue weighted by molar-refractivity contribution is 14.0. The summed E-state index contributed by atoms with van der Waals surface area (Å²) in [6.45, 7) is 4.71. The second-order valence-corrected chi connectivity index (χ2v) is 6.91. The van der Waals surface area contributed by atoms with Crippen LogP contribution in [0.25, 0.3) is 0 Å². The van der Waals surface area contributed by atoms with E-state index in [9.17, 15) is 4.79 Å². The third kappa shape index (κ3) is 8.31. The van der Waals surface area contributed by atoms with Gasteiger partial charge in [-0.3, -0.25) is 9.79 Å². The van der Waals surface area contributed by atoms with E-state index in [-0.39, 0.29) is 29.9 Å². The van der Waals surface area contributed by atoms with Crippen LogP contribution < -0.4 is 10.6 Å². The fraction of sp³-hybridized carbons (Fsp3) is 0.391. The lowest BCUT2D eigenvalue weighted by Crippen LogP contribution is -2.38. The lowest BCUT2D eigenvalue weighted by Gasteiger charge is -2.15. The molecule has 2 aromatic carbocycles. The maximum atomic E-state index is 12.1. The van der Waals surface area contributed by atoms with Crippen molar-refractivity contribution in [2.24, 2.45) is 4.99 Å². The number of ether oxygens (including phenoxy) is 1. The summed E-state index contributed by atoms with van der Waals surface area (Å²) in [7, 11) is 5.29. The zero-order valence-corrected chi connectivity index (χ0v) is 20.6. The number of carbonyl (C=O) groups excluding carboxylic acids is 1.